The highest BCUT2D eigenvalue weighted by molar-refractivity contribution is 5.82. The predicted molar refractivity (Wildman–Crippen MR) is 85.0 cm³/mol. The number of hydrogen-bond acceptors (Lipinski definition) is 3. The molecule has 0 saturated heterocycles. The van der Waals surface area contributed by atoms with E-state index in [-0.39, 0.29) is 5.82 Å². The van der Waals surface area contributed by atoms with E-state index >= 15 is 0 Å². The molecule has 0 aliphatic rings. The molecule has 1 aromatic carbocycles. The lowest BCUT2D eigenvalue weighted by molar-refractivity contribution is 0.297. The Labute approximate surface area is 126 Å². The quantitative estimate of drug-likeness (QED) is 0.752. The number of benzene rings is 1. The summed E-state index contributed by atoms with van der Waals surface area (Å²) in [5, 5.41) is 4.28. The molecule has 0 atom stereocenters. The van der Waals surface area contributed by atoms with Gasteiger partial charge < -0.3 is 14.6 Å². The highest BCUT2D eigenvalue weighted by Crippen LogP contribution is 2.25. The smallest absolute Gasteiger partial charge is 0.134 e. The Morgan fingerprint density at radius 3 is 2.71 bits per heavy atom. The lowest BCUT2D eigenvalue weighted by Crippen LogP contribution is -2.27. The number of fused-ring (bicyclic) bond motifs is 1. The standard InChI is InChI=1S/C17H25FN2O/c1-4-20(5-2)10-6-9-19-12-17-13(3)15-11-14(18)7-8-16(15)21-17/h7-8,11,19H,4-6,9-10,12H2,1-3H3. The third-order valence-corrected chi connectivity index (χ3v) is 4.00. The molecule has 2 rings (SSSR count). The van der Waals surface area contributed by atoms with Crippen LogP contribution in [0.15, 0.2) is 22.6 Å². The number of halogens is 1. The Balaban J connectivity index is 1.85. The van der Waals surface area contributed by atoms with Crippen LogP contribution in [0.5, 0.6) is 0 Å². The van der Waals surface area contributed by atoms with Gasteiger partial charge in [0.1, 0.15) is 17.2 Å². The molecule has 0 unspecified atom stereocenters. The van der Waals surface area contributed by atoms with Crippen molar-refractivity contribution in [1.82, 2.24) is 10.2 Å². The Morgan fingerprint density at radius 1 is 1.24 bits per heavy atom. The van der Waals surface area contributed by atoms with E-state index in [0.717, 1.165) is 54.9 Å². The minimum Gasteiger partial charge on any atom is -0.459 e. The molecule has 3 nitrogen and oxygen atoms in total. The van der Waals surface area contributed by atoms with Crippen molar-refractivity contribution in [1.29, 1.82) is 0 Å². The minimum absolute atomic E-state index is 0.217. The molecule has 0 radical (unpaired) electrons. The average Bonchev–Trinajstić information content (AvgIpc) is 2.79. The second-order valence-corrected chi connectivity index (χ2v) is 5.35. The number of rotatable bonds is 8. The summed E-state index contributed by atoms with van der Waals surface area (Å²) < 4.78 is 19.0. The van der Waals surface area contributed by atoms with Crippen molar-refractivity contribution < 1.29 is 8.81 Å². The van der Waals surface area contributed by atoms with Crippen LogP contribution in [0.25, 0.3) is 11.0 Å². The molecular weight excluding hydrogens is 267 g/mol. The Morgan fingerprint density at radius 2 is 2.00 bits per heavy atom. The van der Waals surface area contributed by atoms with E-state index in [1.165, 1.54) is 12.1 Å². The monoisotopic (exact) mass is 292 g/mol. The SMILES string of the molecule is CCN(CC)CCCNCc1oc2ccc(F)cc2c1C. The molecule has 2 aromatic rings. The molecule has 0 amide bonds. The van der Waals surface area contributed by atoms with Gasteiger partial charge in [-0.25, -0.2) is 4.39 Å². The van der Waals surface area contributed by atoms with E-state index in [2.05, 4.69) is 24.1 Å². The lowest BCUT2D eigenvalue weighted by atomic mass is 10.1. The van der Waals surface area contributed by atoms with Crippen LogP contribution in [0, 0.1) is 12.7 Å². The first-order valence-electron chi connectivity index (χ1n) is 7.76. The molecule has 1 heterocycles. The highest BCUT2D eigenvalue weighted by atomic mass is 19.1. The molecule has 0 aliphatic heterocycles. The fraction of sp³-hybridized carbons (Fsp3) is 0.529. The maximum atomic E-state index is 13.3. The molecule has 0 spiro atoms. The third kappa shape index (κ3) is 4.05. The number of furan rings is 1. The van der Waals surface area contributed by atoms with Crippen LogP contribution < -0.4 is 5.32 Å². The zero-order chi connectivity index (χ0) is 15.2. The molecule has 0 aliphatic carbocycles. The summed E-state index contributed by atoms with van der Waals surface area (Å²) in [5.74, 6) is 0.684. The second-order valence-electron chi connectivity index (χ2n) is 5.35. The van der Waals surface area contributed by atoms with E-state index in [0.29, 0.717) is 6.54 Å². The van der Waals surface area contributed by atoms with Crippen LogP contribution in [0.1, 0.15) is 31.6 Å². The van der Waals surface area contributed by atoms with Gasteiger partial charge in [-0.3, -0.25) is 0 Å². The number of nitrogens with zero attached hydrogens (tertiary/aromatic N) is 1. The molecule has 1 N–H and O–H groups in total. The van der Waals surface area contributed by atoms with Crippen LogP contribution in [-0.4, -0.2) is 31.1 Å². The molecule has 1 aromatic heterocycles. The maximum Gasteiger partial charge on any atom is 0.134 e. The maximum absolute atomic E-state index is 13.3. The Bertz CT molecular complexity index is 575. The van der Waals surface area contributed by atoms with Crippen LogP contribution in [0.3, 0.4) is 0 Å². The summed E-state index contributed by atoms with van der Waals surface area (Å²) in [4.78, 5) is 2.41. The molecule has 0 bridgehead atoms. The van der Waals surface area contributed by atoms with Crippen LogP contribution in [0.2, 0.25) is 0 Å². The first kappa shape index (κ1) is 16.0. The van der Waals surface area contributed by atoms with Crippen molar-refractivity contribution in [2.45, 2.75) is 33.7 Å². The van der Waals surface area contributed by atoms with Crippen molar-refractivity contribution in [2.24, 2.45) is 0 Å². The van der Waals surface area contributed by atoms with Crippen molar-refractivity contribution in [2.75, 3.05) is 26.2 Å². The van der Waals surface area contributed by atoms with Crippen molar-refractivity contribution in [3.63, 3.8) is 0 Å². The number of nitrogens with one attached hydrogen (secondary N) is 1. The van der Waals surface area contributed by atoms with E-state index < -0.39 is 0 Å². The normalized spacial score (nSPS) is 11.7. The van der Waals surface area contributed by atoms with Gasteiger partial charge in [-0.05, 0) is 63.3 Å². The highest BCUT2D eigenvalue weighted by Gasteiger charge is 2.10. The van der Waals surface area contributed by atoms with E-state index in [1.807, 2.05) is 6.92 Å². The largest absolute Gasteiger partial charge is 0.459 e. The van der Waals surface area contributed by atoms with Gasteiger partial charge in [0.15, 0.2) is 0 Å². The van der Waals surface area contributed by atoms with Crippen molar-refractivity contribution >= 4 is 11.0 Å². The molecule has 116 valence electrons. The fourth-order valence-electron chi connectivity index (χ4n) is 2.58. The lowest BCUT2D eigenvalue weighted by Gasteiger charge is -2.17. The third-order valence-electron chi connectivity index (χ3n) is 4.00. The minimum atomic E-state index is -0.217. The second kappa shape index (κ2) is 7.57. The molecule has 4 heteroatoms. The fourth-order valence-corrected chi connectivity index (χ4v) is 2.58. The first-order chi connectivity index (χ1) is 10.2. The van der Waals surface area contributed by atoms with Gasteiger partial charge in [-0.1, -0.05) is 13.8 Å². The molecule has 21 heavy (non-hydrogen) atoms. The summed E-state index contributed by atoms with van der Waals surface area (Å²) in [6.07, 6.45) is 1.12. The van der Waals surface area contributed by atoms with Gasteiger partial charge in [-0.2, -0.15) is 0 Å². The molecular formula is C17H25FN2O. The first-order valence-corrected chi connectivity index (χ1v) is 7.76. The van der Waals surface area contributed by atoms with Crippen molar-refractivity contribution in [3.8, 4) is 0 Å². The zero-order valence-corrected chi connectivity index (χ0v) is 13.2. The average molecular weight is 292 g/mol. The van der Waals surface area contributed by atoms with Gasteiger partial charge >= 0.3 is 0 Å². The summed E-state index contributed by atoms with van der Waals surface area (Å²) >= 11 is 0. The summed E-state index contributed by atoms with van der Waals surface area (Å²) in [6.45, 7) is 11.3. The van der Waals surface area contributed by atoms with Gasteiger partial charge in [0, 0.05) is 5.39 Å². The van der Waals surface area contributed by atoms with Gasteiger partial charge in [0.05, 0.1) is 6.54 Å². The summed E-state index contributed by atoms with van der Waals surface area (Å²) in [5.41, 5.74) is 1.79. The molecule has 0 saturated carbocycles. The van der Waals surface area contributed by atoms with Gasteiger partial charge in [0.2, 0.25) is 0 Å². The molecule has 0 fully saturated rings. The van der Waals surface area contributed by atoms with Crippen LogP contribution in [-0.2, 0) is 6.54 Å². The van der Waals surface area contributed by atoms with Gasteiger partial charge in [-0.15, -0.1) is 0 Å². The summed E-state index contributed by atoms with van der Waals surface area (Å²) in [6, 6.07) is 4.67. The van der Waals surface area contributed by atoms with Crippen molar-refractivity contribution in [3.05, 3.63) is 35.3 Å². The van der Waals surface area contributed by atoms with Gasteiger partial charge in [0.25, 0.3) is 0 Å². The van der Waals surface area contributed by atoms with Crippen LogP contribution >= 0.6 is 0 Å². The van der Waals surface area contributed by atoms with E-state index in [1.54, 1.807) is 6.07 Å². The van der Waals surface area contributed by atoms with Crippen LogP contribution in [0.4, 0.5) is 4.39 Å². The topological polar surface area (TPSA) is 28.4 Å². The van der Waals surface area contributed by atoms with E-state index in [9.17, 15) is 4.39 Å². The predicted octanol–water partition coefficient (Wildman–Crippen LogP) is 3.70. The number of hydrogen-bond donors (Lipinski definition) is 1. The Hall–Kier alpha value is -1.39. The Kier molecular flexibility index (Phi) is 5.76. The van der Waals surface area contributed by atoms with E-state index in [4.69, 9.17) is 4.42 Å². The zero-order valence-electron chi connectivity index (χ0n) is 13.2. The summed E-state index contributed by atoms with van der Waals surface area (Å²) in [7, 11) is 0. The number of aryl methyl sites for hydroxylation is 1.